The molecule has 3 aliphatic rings. The molecule has 2 heterocycles. The van der Waals surface area contributed by atoms with E-state index in [-0.39, 0.29) is 12.0 Å². The van der Waals surface area contributed by atoms with Crippen molar-refractivity contribution in [1.82, 2.24) is 9.80 Å². The lowest BCUT2D eigenvalue weighted by atomic mass is 9.84. The molecule has 1 saturated carbocycles. The molecule has 4 heteroatoms. The predicted molar refractivity (Wildman–Crippen MR) is 71.1 cm³/mol. The van der Waals surface area contributed by atoms with Crippen LogP contribution in [0.2, 0.25) is 0 Å². The molecule has 0 bridgehead atoms. The number of carbonyl (C=O) groups excluding carboxylic acids is 1. The number of amides is 1. The van der Waals surface area contributed by atoms with Crippen molar-refractivity contribution in [3.8, 4) is 0 Å². The van der Waals surface area contributed by atoms with Gasteiger partial charge in [-0.25, -0.2) is 0 Å². The Labute approximate surface area is 109 Å². The van der Waals surface area contributed by atoms with Crippen molar-refractivity contribution in [2.24, 2.45) is 11.7 Å². The van der Waals surface area contributed by atoms with E-state index in [1.807, 2.05) is 0 Å². The third kappa shape index (κ3) is 2.28. The molecule has 4 nitrogen and oxygen atoms in total. The van der Waals surface area contributed by atoms with E-state index < -0.39 is 0 Å². The molecule has 2 N–H and O–H groups in total. The average molecular weight is 251 g/mol. The Bertz CT molecular complexity index is 320. The first-order valence-corrected chi connectivity index (χ1v) is 7.54. The normalized spacial score (nSPS) is 37.6. The molecule has 1 amide bonds. The molecule has 18 heavy (non-hydrogen) atoms. The fourth-order valence-corrected chi connectivity index (χ4v) is 3.89. The fraction of sp³-hybridized carbons (Fsp3) is 0.929. The Balaban J connectivity index is 1.62. The number of rotatable bonds is 1. The highest BCUT2D eigenvalue weighted by Crippen LogP contribution is 2.27. The number of carbonyl (C=O) groups is 1. The van der Waals surface area contributed by atoms with Crippen molar-refractivity contribution in [3.05, 3.63) is 0 Å². The smallest absolute Gasteiger partial charge is 0.227 e. The van der Waals surface area contributed by atoms with E-state index in [1.54, 1.807) is 0 Å². The van der Waals surface area contributed by atoms with Gasteiger partial charge in [-0.2, -0.15) is 0 Å². The van der Waals surface area contributed by atoms with Gasteiger partial charge in [0.15, 0.2) is 0 Å². The van der Waals surface area contributed by atoms with Crippen molar-refractivity contribution in [1.29, 1.82) is 0 Å². The molecule has 0 aromatic carbocycles. The van der Waals surface area contributed by atoms with Crippen LogP contribution in [0, 0.1) is 5.92 Å². The summed E-state index contributed by atoms with van der Waals surface area (Å²) in [5.41, 5.74) is 6.14. The molecular formula is C14H25N3O. The third-order valence-electron chi connectivity index (χ3n) is 5.04. The monoisotopic (exact) mass is 251 g/mol. The van der Waals surface area contributed by atoms with Gasteiger partial charge in [0.2, 0.25) is 5.91 Å². The zero-order valence-corrected chi connectivity index (χ0v) is 11.2. The third-order valence-corrected chi connectivity index (χ3v) is 5.04. The van der Waals surface area contributed by atoms with Crippen LogP contribution < -0.4 is 5.73 Å². The number of nitrogens with zero attached hydrogens (tertiary/aromatic N) is 2. The Morgan fingerprint density at radius 2 is 1.83 bits per heavy atom. The number of hydrogen-bond acceptors (Lipinski definition) is 3. The van der Waals surface area contributed by atoms with Gasteiger partial charge in [-0.3, -0.25) is 9.69 Å². The van der Waals surface area contributed by atoms with Crippen LogP contribution in [0.5, 0.6) is 0 Å². The number of piperazine rings is 1. The van der Waals surface area contributed by atoms with Gasteiger partial charge in [0, 0.05) is 31.7 Å². The maximum atomic E-state index is 12.6. The maximum absolute atomic E-state index is 12.6. The summed E-state index contributed by atoms with van der Waals surface area (Å²) < 4.78 is 0. The van der Waals surface area contributed by atoms with E-state index >= 15 is 0 Å². The summed E-state index contributed by atoms with van der Waals surface area (Å²) in [6.07, 6.45) is 6.97. The Hall–Kier alpha value is -0.610. The lowest BCUT2D eigenvalue weighted by molar-refractivity contribution is -0.139. The summed E-state index contributed by atoms with van der Waals surface area (Å²) in [5, 5.41) is 0. The van der Waals surface area contributed by atoms with Gasteiger partial charge >= 0.3 is 0 Å². The Kier molecular flexibility index (Phi) is 3.57. The quantitative estimate of drug-likeness (QED) is 0.750. The molecule has 0 radical (unpaired) electrons. The minimum absolute atomic E-state index is 0.103. The van der Waals surface area contributed by atoms with E-state index in [1.165, 1.54) is 32.2 Å². The maximum Gasteiger partial charge on any atom is 0.227 e. The van der Waals surface area contributed by atoms with Gasteiger partial charge in [-0.15, -0.1) is 0 Å². The Morgan fingerprint density at radius 3 is 2.67 bits per heavy atom. The van der Waals surface area contributed by atoms with Crippen LogP contribution in [-0.2, 0) is 4.79 Å². The molecule has 1 aliphatic carbocycles. The van der Waals surface area contributed by atoms with Crippen molar-refractivity contribution in [3.63, 3.8) is 0 Å². The second-order valence-corrected chi connectivity index (χ2v) is 6.17. The molecule has 0 aromatic rings. The van der Waals surface area contributed by atoms with Crippen molar-refractivity contribution in [2.75, 3.05) is 26.2 Å². The molecule has 3 fully saturated rings. The second kappa shape index (κ2) is 5.17. The van der Waals surface area contributed by atoms with Gasteiger partial charge < -0.3 is 10.6 Å². The average Bonchev–Trinajstić information content (AvgIpc) is 2.85. The van der Waals surface area contributed by atoms with Crippen molar-refractivity contribution < 1.29 is 4.79 Å². The minimum atomic E-state index is 0.103. The lowest BCUT2D eigenvalue weighted by Gasteiger charge is -2.40. The van der Waals surface area contributed by atoms with Gasteiger partial charge in [-0.1, -0.05) is 12.8 Å². The van der Waals surface area contributed by atoms with Crippen LogP contribution in [0.4, 0.5) is 0 Å². The zero-order chi connectivity index (χ0) is 12.5. The number of nitrogens with two attached hydrogens (primary N) is 1. The SMILES string of the molecule is NC1CCCCC1C(=O)N1CCN2CCCC2C1. The van der Waals surface area contributed by atoms with E-state index in [4.69, 9.17) is 5.73 Å². The van der Waals surface area contributed by atoms with E-state index in [9.17, 15) is 4.79 Å². The number of hydrogen-bond donors (Lipinski definition) is 1. The van der Waals surface area contributed by atoms with Crippen LogP contribution in [0.3, 0.4) is 0 Å². The van der Waals surface area contributed by atoms with Crippen LogP contribution >= 0.6 is 0 Å². The van der Waals surface area contributed by atoms with Crippen molar-refractivity contribution >= 4 is 5.91 Å². The predicted octanol–water partition coefficient (Wildman–Crippen LogP) is 0.810. The van der Waals surface area contributed by atoms with E-state index in [0.717, 1.165) is 32.5 Å². The Morgan fingerprint density at radius 1 is 1.00 bits per heavy atom. The summed E-state index contributed by atoms with van der Waals surface area (Å²) in [6.45, 7) is 4.16. The summed E-state index contributed by atoms with van der Waals surface area (Å²) in [5.74, 6) is 0.445. The summed E-state index contributed by atoms with van der Waals surface area (Å²) >= 11 is 0. The van der Waals surface area contributed by atoms with Gasteiger partial charge in [-0.05, 0) is 32.2 Å². The summed E-state index contributed by atoms with van der Waals surface area (Å²) in [6, 6.07) is 0.732. The highest BCUT2D eigenvalue weighted by Gasteiger charge is 2.37. The van der Waals surface area contributed by atoms with Crippen LogP contribution in [0.15, 0.2) is 0 Å². The fourth-order valence-electron chi connectivity index (χ4n) is 3.89. The zero-order valence-electron chi connectivity index (χ0n) is 11.2. The van der Waals surface area contributed by atoms with Crippen LogP contribution in [-0.4, -0.2) is 54.0 Å². The molecule has 0 aromatic heterocycles. The summed E-state index contributed by atoms with van der Waals surface area (Å²) in [7, 11) is 0. The lowest BCUT2D eigenvalue weighted by Crippen LogP contribution is -2.55. The molecule has 102 valence electrons. The van der Waals surface area contributed by atoms with Crippen LogP contribution in [0.1, 0.15) is 38.5 Å². The number of fused-ring (bicyclic) bond motifs is 1. The first-order chi connectivity index (χ1) is 8.75. The summed E-state index contributed by atoms with van der Waals surface area (Å²) in [4.78, 5) is 17.2. The highest BCUT2D eigenvalue weighted by atomic mass is 16.2. The molecule has 2 aliphatic heterocycles. The largest absolute Gasteiger partial charge is 0.340 e. The molecule has 0 spiro atoms. The van der Waals surface area contributed by atoms with Gasteiger partial charge in [0.05, 0.1) is 5.92 Å². The first-order valence-electron chi connectivity index (χ1n) is 7.54. The first kappa shape index (κ1) is 12.4. The molecule has 3 rings (SSSR count). The van der Waals surface area contributed by atoms with Crippen molar-refractivity contribution in [2.45, 2.75) is 50.6 Å². The molecular weight excluding hydrogens is 226 g/mol. The van der Waals surface area contributed by atoms with Gasteiger partial charge in [0.25, 0.3) is 0 Å². The standard InChI is InChI=1S/C14H25N3O/c15-13-6-2-1-5-12(13)14(18)17-9-8-16-7-3-4-11(16)10-17/h11-13H,1-10,15H2. The molecule has 2 saturated heterocycles. The van der Waals surface area contributed by atoms with Gasteiger partial charge in [0.1, 0.15) is 0 Å². The second-order valence-electron chi connectivity index (χ2n) is 6.17. The minimum Gasteiger partial charge on any atom is -0.340 e. The van der Waals surface area contributed by atoms with E-state index in [0.29, 0.717) is 11.9 Å². The van der Waals surface area contributed by atoms with E-state index in [2.05, 4.69) is 9.80 Å². The van der Waals surface area contributed by atoms with Crippen LogP contribution in [0.25, 0.3) is 0 Å². The molecule has 3 unspecified atom stereocenters. The highest BCUT2D eigenvalue weighted by molar-refractivity contribution is 5.79. The topological polar surface area (TPSA) is 49.6 Å². The molecule has 3 atom stereocenters.